The van der Waals surface area contributed by atoms with E-state index in [0.717, 1.165) is 17.0 Å². The van der Waals surface area contributed by atoms with Crippen LogP contribution in [0.25, 0.3) is 0 Å². The van der Waals surface area contributed by atoms with Crippen LogP contribution in [0.5, 0.6) is 0 Å². The second-order valence-corrected chi connectivity index (χ2v) is 4.12. The third-order valence-electron chi connectivity index (χ3n) is 2.90. The van der Waals surface area contributed by atoms with Crippen molar-refractivity contribution in [3.8, 4) is 0 Å². The Balaban J connectivity index is 2.14. The average molecular weight is 259 g/mol. The molecule has 0 aromatic heterocycles. The largest absolute Gasteiger partial charge is 0.268 e. The third kappa shape index (κ3) is 1.71. The predicted molar refractivity (Wildman–Crippen MR) is 63.9 cm³/mol. The first kappa shape index (κ1) is 11.5. The summed E-state index contributed by atoms with van der Waals surface area (Å²) in [7, 11) is 0. The molecule has 0 saturated heterocycles. The summed E-state index contributed by atoms with van der Waals surface area (Å²) >= 11 is 0. The lowest BCUT2D eigenvalue weighted by Crippen LogP contribution is -2.29. The van der Waals surface area contributed by atoms with Crippen molar-refractivity contribution in [2.75, 3.05) is 4.90 Å². The molecule has 0 saturated carbocycles. The van der Waals surface area contributed by atoms with E-state index in [4.69, 9.17) is 0 Å². The molecule has 0 aliphatic carbocycles. The standard InChI is InChI=1S/C14H7F2NO2/c15-8-5-9(16)7-10(6-8)17-13(18)11-3-1-2-4-12(11)14(17)19/h1-7H. The number of carbonyl (C=O) groups excluding carboxylic acids is 2. The summed E-state index contributed by atoms with van der Waals surface area (Å²) < 4.78 is 26.4. The van der Waals surface area contributed by atoms with E-state index >= 15 is 0 Å². The molecule has 2 amide bonds. The second kappa shape index (κ2) is 3.98. The first-order chi connectivity index (χ1) is 9.08. The van der Waals surface area contributed by atoms with Gasteiger partial charge in [-0.3, -0.25) is 9.59 Å². The van der Waals surface area contributed by atoms with Crippen LogP contribution < -0.4 is 4.90 Å². The number of imide groups is 1. The molecule has 5 heteroatoms. The lowest BCUT2D eigenvalue weighted by atomic mass is 10.1. The number of carbonyl (C=O) groups is 2. The van der Waals surface area contributed by atoms with Crippen LogP contribution in [-0.2, 0) is 0 Å². The van der Waals surface area contributed by atoms with Crippen molar-refractivity contribution in [2.24, 2.45) is 0 Å². The highest BCUT2D eigenvalue weighted by Crippen LogP contribution is 2.29. The molecule has 3 rings (SSSR count). The van der Waals surface area contributed by atoms with Crippen LogP contribution in [0, 0.1) is 11.6 Å². The molecular weight excluding hydrogens is 252 g/mol. The Hall–Kier alpha value is -2.56. The number of anilines is 1. The van der Waals surface area contributed by atoms with Gasteiger partial charge in [0, 0.05) is 6.07 Å². The molecule has 0 fully saturated rings. The van der Waals surface area contributed by atoms with Crippen LogP contribution in [0.1, 0.15) is 20.7 Å². The molecule has 1 aliphatic heterocycles. The number of amides is 2. The third-order valence-corrected chi connectivity index (χ3v) is 2.90. The fraction of sp³-hybridized carbons (Fsp3) is 0. The van der Waals surface area contributed by atoms with E-state index in [1.165, 1.54) is 12.1 Å². The molecule has 0 atom stereocenters. The van der Waals surface area contributed by atoms with Crippen LogP contribution in [-0.4, -0.2) is 11.8 Å². The molecule has 1 aliphatic rings. The van der Waals surface area contributed by atoms with E-state index < -0.39 is 23.4 Å². The molecule has 19 heavy (non-hydrogen) atoms. The maximum atomic E-state index is 13.2. The van der Waals surface area contributed by atoms with Crippen LogP contribution in [0.4, 0.5) is 14.5 Å². The molecular formula is C14H7F2NO2. The van der Waals surface area contributed by atoms with Gasteiger partial charge in [-0.15, -0.1) is 0 Å². The number of halogens is 2. The minimum atomic E-state index is -0.841. The van der Waals surface area contributed by atoms with E-state index in [2.05, 4.69) is 0 Å². The zero-order chi connectivity index (χ0) is 13.6. The fourth-order valence-corrected chi connectivity index (χ4v) is 2.09. The summed E-state index contributed by atoms with van der Waals surface area (Å²) in [6.45, 7) is 0. The molecule has 0 N–H and O–H groups in total. The van der Waals surface area contributed by atoms with Gasteiger partial charge in [-0.05, 0) is 24.3 Å². The van der Waals surface area contributed by atoms with Crippen molar-refractivity contribution in [3.05, 3.63) is 65.2 Å². The van der Waals surface area contributed by atoms with Crippen molar-refractivity contribution in [3.63, 3.8) is 0 Å². The van der Waals surface area contributed by atoms with Gasteiger partial charge >= 0.3 is 0 Å². The summed E-state index contributed by atoms with van der Waals surface area (Å²) in [4.78, 5) is 25.0. The molecule has 3 nitrogen and oxygen atoms in total. The van der Waals surface area contributed by atoms with Crippen LogP contribution in [0.15, 0.2) is 42.5 Å². The van der Waals surface area contributed by atoms with Crippen LogP contribution in [0.2, 0.25) is 0 Å². The number of hydrogen-bond acceptors (Lipinski definition) is 2. The SMILES string of the molecule is O=C1c2ccccc2C(=O)N1c1cc(F)cc(F)c1. The van der Waals surface area contributed by atoms with Gasteiger partial charge in [0.15, 0.2) is 0 Å². The summed E-state index contributed by atoms with van der Waals surface area (Å²) in [6, 6.07) is 8.84. The number of rotatable bonds is 1. The highest BCUT2D eigenvalue weighted by Gasteiger charge is 2.36. The van der Waals surface area contributed by atoms with Gasteiger partial charge in [0.05, 0.1) is 16.8 Å². The molecule has 0 spiro atoms. The molecule has 2 aromatic rings. The maximum Gasteiger partial charge on any atom is 0.266 e. The molecule has 94 valence electrons. The van der Waals surface area contributed by atoms with E-state index in [-0.39, 0.29) is 16.8 Å². The van der Waals surface area contributed by atoms with Crippen molar-refractivity contribution < 1.29 is 18.4 Å². The van der Waals surface area contributed by atoms with Crippen molar-refractivity contribution in [2.45, 2.75) is 0 Å². The van der Waals surface area contributed by atoms with Crippen molar-refractivity contribution >= 4 is 17.5 Å². The summed E-state index contributed by atoms with van der Waals surface area (Å²) in [5, 5.41) is 0. The molecule has 0 unspecified atom stereocenters. The second-order valence-electron chi connectivity index (χ2n) is 4.12. The van der Waals surface area contributed by atoms with Gasteiger partial charge < -0.3 is 0 Å². The zero-order valence-electron chi connectivity index (χ0n) is 9.56. The summed E-state index contributed by atoms with van der Waals surface area (Å²) in [5.41, 5.74) is 0.359. The summed E-state index contributed by atoms with van der Waals surface area (Å²) in [5.74, 6) is -2.84. The maximum absolute atomic E-state index is 13.2. The molecule has 2 aromatic carbocycles. The van der Waals surface area contributed by atoms with Gasteiger partial charge in [0.1, 0.15) is 11.6 Å². The Morgan fingerprint density at radius 3 is 1.74 bits per heavy atom. The Morgan fingerprint density at radius 1 is 0.789 bits per heavy atom. The number of hydrogen-bond donors (Lipinski definition) is 0. The Morgan fingerprint density at radius 2 is 1.26 bits per heavy atom. The van der Waals surface area contributed by atoms with Crippen LogP contribution in [0.3, 0.4) is 0 Å². The number of benzene rings is 2. The number of nitrogens with zero attached hydrogens (tertiary/aromatic N) is 1. The van der Waals surface area contributed by atoms with E-state index in [9.17, 15) is 18.4 Å². The normalized spacial score (nSPS) is 13.9. The quantitative estimate of drug-likeness (QED) is 0.738. The highest BCUT2D eigenvalue weighted by atomic mass is 19.1. The fourth-order valence-electron chi connectivity index (χ4n) is 2.09. The smallest absolute Gasteiger partial charge is 0.266 e. The van der Waals surface area contributed by atoms with Crippen LogP contribution >= 0.6 is 0 Å². The Kier molecular flexibility index (Phi) is 2.41. The van der Waals surface area contributed by atoms with Gasteiger partial charge in [-0.2, -0.15) is 0 Å². The predicted octanol–water partition coefficient (Wildman–Crippen LogP) is 2.77. The number of fused-ring (bicyclic) bond motifs is 1. The van der Waals surface area contributed by atoms with Gasteiger partial charge in [-0.1, -0.05) is 12.1 Å². The topological polar surface area (TPSA) is 37.4 Å². The Labute approximate surface area is 107 Å². The minimum absolute atomic E-state index is 0.108. The van der Waals surface area contributed by atoms with E-state index in [0.29, 0.717) is 6.07 Å². The molecule has 0 bridgehead atoms. The first-order valence-corrected chi connectivity index (χ1v) is 5.52. The highest BCUT2D eigenvalue weighted by molar-refractivity contribution is 6.34. The van der Waals surface area contributed by atoms with E-state index in [1.807, 2.05) is 0 Å². The zero-order valence-corrected chi connectivity index (χ0v) is 9.56. The lowest BCUT2D eigenvalue weighted by Gasteiger charge is -2.13. The van der Waals surface area contributed by atoms with Crippen molar-refractivity contribution in [1.29, 1.82) is 0 Å². The average Bonchev–Trinajstić information content (AvgIpc) is 2.61. The van der Waals surface area contributed by atoms with Gasteiger partial charge in [-0.25, -0.2) is 13.7 Å². The monoisotopic (exact) mass is 259 g/mol. The first-order valence-electron chi connectivity index (χ1n) is 5.52. The van der Waals surface area contributed by atoms with Gasteiger partial charge in [0.25, 0.3) is 11.8 Å². The molecule has 1 heterocycles. The summed E-state index contributed by atoms with van der Waals surface area (Å²) in [6.07, 6.45) is 0. The van der Waals surface area contributed by atoms with Crippen molar-refractivity contribution in [1.82, 2.24) is 0 Å². The lowest BCUT2D eigenvalue weighted by molar-refractivity contribution is 0.0926. The Bertz CT molecular complexity index is 657. The molecule has 0 radical (unpaired) electrons. The van der Waals surface area contributed by atoms with E-state index in [1.54, 1.807) is 12.1 Å². The van der Waals surface area contributed by atoms with Gasteiger partial charge in [0.2, 0.25) is 0 Å². The minimum Gasteiger partial charge on any atom is -0.268 e.